The maximum Gasteiger partial charge on any atom is 0.115 e. The largest absolute Gasteiger partial charge is 0.497 e. The molecule has 1 aliphatic carbocycles. The smallest absolute Gasteiger partial charge is 0.115 e. The first-order valence-corrected chi connectivity index (χ1v) is 4.45. The summed E-state index contributed by atoms with van der Waals surface area (Å²) in [5, 5.41) is 0.783. The Balaban J connectivity index is 2.83. The van der Waals surface area contributed by atoms with Crippen LogP contribution in [0.5, 0.6) is 0 Å². The molecule has 0 aliphatic heterocycles. The summed E-state index contributed by atoms with van der Waals surface area (Å²) >= 11 is 5.90. The zero-order valence-electron chi connectivity index (χ0n) is 7.38. The van der Waals surface area contributed by atoms with E-state index in [9.17, 15) is 0 Å². The second kappa shape index (κ2) is 4.36. The van der Waals surface area contributed by atoms with Gasteiger partial charge in [-0.2, -0.15) is 0 Å². The number of allylic oxidation sites excluding steroid dienone is 5. The van der Waals surface area contributed by atoms with Crippen LogP contribution in [0.4, 0.5) is 0 Å². The van der Waals surface area contributed by atoms with Crippen molar-refractivity contribution in [2.45, 2.75) is 13.3 Å². The molecule has 2 heteroatoms. The Morgan fingerprint density at radius 2 is 2.17 bits per heavy atom. The number of ether oxygens (including phenoxy) is 1. The van der Waals surface area contributed by atoms with E-state index in [0.29, 0.717) is 5.92 Å². The second-order valence-corrected chi connectivity index (χ2v) is 3.17. The highest BCUT2D eigenvalue weighted by Gasteiger charge is 2.05. The summed E-state index contributed by atoms with van der Waals surface area (Å²) in [6.07, 6.45) is 8.89. The molecule has 0 fully saturated rings. The van der Waals surface area contributed by atoms with Crippen molar-refractivity contribution in [1.82, 2.24) is 0 Å². The third-order valence-corrected chi connectivity index (χ3v) is 2.12. The number of hydrogen-bond acceptors (Lipinski definition) is 1. The molecule has 0 amide bonds. The molecule has 0 aromatic carbocycles. The van der Waals surface area contributed by atoms with E-state index in [0.717, 1.165) is 17.2 Å². The lowest BCUT2D eigenvalue weighted by Gasteiger charge is -2.04. The number of halogens is 1. The molecular weight excluding hydrogens is 172 g/mol. The predicted molar refractivity (Wildman–Crippen MR) is 51.9 cm³/mol. The first-order chi connectivity index (χ1) is 5.76. The highest BCUT2D eigenvalue weighted by Crippen LogP contribution is 2.20. The molecule has 1 unspecified atom stereocenters. The van der Waals surface area contributed by atoms with E-state index in [-0.39, 0.29) is 0 Å². The molecule has 0 saturated carbocycles. The lowest BCUT2D eigenvalue weighted by atomic mass is 10.1. The van der Waals surface area contributed by atoms with Crippen LogP contribution in [0.3, 0.4) is 0 Å². The lowest BCUT2D eigenvalue weighted by molar-refractivity contribution is 0.303. The van der Waals surface area contributed by atoms with Gasteiger partial charge in [-0.05, 0) is 24.6 Å². The topological polar surface area (TPSA) is 9.23 Å². The van der Waals surface area contributed by atoms with Gasteiger partial charge in [0.25, 0.3) is 0 Å². The summed E-state index contributed by atoms with van der Waals surface area (Å²) in [5.41, 5.74) is 0. The van der Waals surface area contributed by atoms with Crippen molar-refractivity contribution in [2.75, 3.05) is 7.11 Å². The third kappa shape index (κ3) is 2.42. The fraction of sp³-hybridized carbons (Fsp3) is 0.400. The van der Waals surface area contributed by atoms with Gasteiger partial charge >= 0.3 is 0 Å². The maximum atomic E-state index is 5.90. The summed E-state index contributed by atoms with van der Waals surface area (Å²) in [7, 11) is 1.67. The molecule has 0 spiro atoms. The molecule has 1 aliphatic rings. The fourth-order valence-corrected chi connectivity index (χ4v) is 1.33. The zero-order valence-corrected chi connectivity index (χ0v) is 8.14. The van der Waals surface area contributed by atoms with Crippen LogP contribution in [0, 0.1) is 5.92 Å². The van der Waals surface area contributed by atoms with Gasteiger partial charge in [0.15, 0.2) is 0 Å². The summed E-state index contributed by atoms with van der Waals surface area (Å²) in [6.45, 7) is 2.13. The molecule has 0 bridgehead atoms. The molecule has 0 radical (unpaired) electrons. The van der Waals surface area contributed by atoms with Gasteiger partial charge in [0, 0.05) is 11.0 Å². The fourth-order valence-electron chi connectivity index (χ4n) is 1.11. The van der Waals surface area contributed by atoms with Gasteiger partial charge in [-0.3, -0.25) is 0 Å². The number of hydrogen-bond donors (Lipinski definition) is 0. The average molecular weight is 185 g/mol. The number of rotatable bonds is 2. The minimum atomic E-state index is 0.391. The first-order valence-electron chi connectivity index (χ1n) is 4.07. The highest BCUT2D eigenvalue weighted by molar-refractivity contribution is 6.31. The van der Waals surface area contributed by atoms with Crippen molar-refractivity contribution in [3.05, 3.63) is 35.1 Å². The van der Waals surface area contributed by atoms with E-state index in [4.69, 9.17) is 16.3 Å². The van der Waals surface area contributed by atoms with Crippen molar-refractivity contribution in [1.29, 1.82) is 0 Å². The molecular formula is C10H13ClO. The normalized spacial score (nSPS) is 22.8. The van der Waals surface area contributed by atoms with Crippen LogP contribution < -0.4 is 0 Å². The summed E-state index contributed by atoms with van der Waals surface area (Å²) < 4.78 is 5.13. The SMILES string of the molecule is CCC1C=C(Cl)C=CC(OC)=C1. The Kier molecular flexibility index (Phi) is 3.42. The average Bonchev–Trinajstić information content (AvgIpc) is 2.26. The highest BCUT2D eigenvalue weighted by atomic mass is 35.5. The first kappa shape index (κ1) is 9.40. The predicted octanol–water partition coefficient (Wildman–Crippen LogP) is 3.24. The van der Waals surface area contributed by atoms with Crippen molar-refractivity contribution in [2.24, 2.45) is 5.92 Å². The van der Waals surface area contributed by atoms with Gasteiger partial charge in [0.2, 0.25) is 0 Å². The van der Waals surface area contributed by atoms with Crippen LogP contribution >= 0.6 is 11.6 Å². The number of methoxy groups -OCH3 is 1. The van der Waals surface area contributed by atoms with Gasteiger partial charge in [-0.15, -0.1) is 0 Å². The molecule has 0 N–H and O–H groups in total. The van der Waals surface area contributed by atoms with Crippen LogP contribution in [-0.4, -0.2) is 7.11 Å². The van der Waals surface area contributed by atoms with Gasteiger partial charge in [-0.25, -0.2) is 0 Å². The summed E-state index contributed by atoms with van der Waals surface area (Å²) in [4.78, 5) is 0. The third-order valence-electron chi connectivity index (χ3n) is 1.87. The van der Waals surface area contributed by atoms with Crippen LogP contribution in [0.2, 0.25) is 0 Å². The van der Waals surface area contributed by atoms with E-state index in [2.05, 4.69) is 13.0 Å². The Hall–Kier alpha value is -0.690. The van der Waals surface area contributed by atoms with E-state index in [1.54, 1.807) is 7.11 Å². The van der Waals surface area contributed by atoms with Crippen molar-refractivity contribution in [3.8, 4) is 0 Å². The van der Waals surface area contributed by atoms with Crippen LogP contribution in [0.25, 0.3) is 0 Å². The van der Waals surface area contributed by atoms with Gasteiger partial charge in [0.1, 0.15) is 5.76 Å². The second-order valence-electron chi connectivity index (χ2n) is 2.73. The van der Waals surface area contributed by atoms with Crippen molar-refractivity contribution in [3.63, 3.8) is 0 Å². The van der Waals surface area contributed by atoms with Crippen molar-refractivity contribution >= 4 is 11.6 Å². The van der Waals surface area contributed by atoms with Crippen molar-refractivity contribution < 1.29 is 4.74 Å². The summed E-state index contributed by atoms with van der Waals surface area (Å²) in [6, 6.07) is 0. The zero-order chi connectivity index (χ0) is 8.97. The van der Waals surface area contributed by atoms with Gasteiger partial charge in [-0.1, -0.05) is 24.6 Å². The Morgan fingerprint density at radius 3 is 2.75 bits per heavy atom. The molecule has 0 saturated heterocycles. The standard InChI is InChI=1S/C10H13ClO/c1-3-8-6-9(11)4-5-10(7-8)12-2/h4-8H,3H2,1-2H3. The minimum Gasteiger partial charge on any atom is -0.497 e. The van der Waals surface area contributed by atoms with Crippen LogP contribution in [0.15, 0.2) is 35.1 Å². The Morgan fingerprint density at radius 1 is 1.42 bits per heavy atom. The van der Waals surface area contributed by atoms with E-state index in [1.165, 1.54) is 0 Å². The molecule has 0 heterocycles. The molecule has 1 atom stereocenters. The van der Waals surface area contributed by atoms with E-state index < -0.39 is 0 Å². The van der Waals surface area contributed by atoms with Crippen LogP contribution in [-0.2, 0) is 4.74 Å². The lowest BCUT2D eigenvalue weighted by Crippen LogP contribution is -1.91. The quantitative estimate of drug-likeness (QED) is 0.640. The van der Waals surface area contributed by atoms with E-state index in [1.807, 2.05) is 18.2 Å². The molecule has 66 valence electrons. The Labute approximate surface area is 78.4 Å². The van der Waals surface area contributed by atoms with E-state index >= 15 is 0 Å². The maximum absolute atomic E-state index is 5.90. The molecule has 1 rings (SSSR count). The molecule has 0 aromatic rings. The van der Waals surface area contributed by atoms with Gasteiger partial charge < -0.3 is 4.74 Å². The molecule has 12 heavy (non-hydrogen) atoms. The van der Waals surface area contributed by atoms with Gasteiger partial charge in [0.05, 0.1) is 7.11 Å². The Bertz CT molecular complexity index is 238. The van der Waals surface area contributed by atoms with Crippen LogP contribution in [0.1, 0.15) is 13.3 Å². The summed E-state index contributed by atoms with van der Waals surface area (Å²) in [5.74, 6) is 1.27. The monoisotopic (exact) mass is 184 g/mol. The minimum absolute atomic E-state index is 0.391. The molecule has 0 aromatic heterocycles. The molecule has 1 nitrogen and oxygen atoms in total.